The second-order valence-electron chi connectivity index (χ2n) is 6.99. The smallest absolute Gasteiger partial charge is 0.352 e. The van der Waals surface area contributed by atoms with E-state index in [1.165, 1.54) is 0 Å². The molecule has 0 aromatic heterocycles. The average molecular weight is 608 g/mol. The predicted molar refractivity (Wildman–Crippen MR) is 146 cm³/mol. The maximum absolute atomic E-state index is 6.69. The van der Waals surface area contributed by atoms with E-state index in [0.29, 0.717) is 6.42 Å². The van der Waals surface area contributed by atoms with Crippen molar-refractivity contribution in [1.29, 1.82) is 0 Å². The van der Waals surface area contributed by atoms with E-state index in [4.69, 9.17) is 52.2 Å². The average Bonchev–Trinajstić information content (AvgIpc) is 2.80. The van der Waals surface area contributed by atoms with Crippen molar-refractivity contribution in [2.24, 2.45) is 0 Å². The first-order chi connectivity index (χ1) is 17.7. The molecule has 0 aliphatic heterocycles. The minimum atomic E-state index is -4.04. The molecule has 1 radical (unpaired) electrons. The zero-order valence-corrected chi connectivity index (χ0v) is 28.4. The van der Waals surface area contributed by atoms with Gasteiger partial charge in [0.1, 0.15) is 0 Å². The molecule has 0 aliphatic carbocycles. The molecule has 0 saturated heterocycles. The van der Waals surface area contributed by atoms with Crippen molar-refractivity contribution < 1.29 is 52.2 Å². The molecule has 16 heteroatoms. The Balaban J connectivity index is 7.11. The second-order valence-corrected chi connectivity index (χ2v) is 16.9. The molecule has 0 amide bonds. The van der Waals surface area contributed by atoms with Crippen LogP contribution < -0.4 is 0 Å². The van der Waals surface area contributed by atoms with Crippen LogP contribution in [0.3, 0.4) is 0 Å². The first-order valence-electron chi connectivity index (χ1n) is 13.4. The van der Waals surface area contributed by atoms with Gasteiger partial charge in [-0.1, -0.05) is 6.92 Å². The van der Waals surface area contributed by atoms with Gasteiger partial charge >= 0.3 is 35.9 Å². The molecule has 0 unspecified atom stereocenters. The topological polar surface area (TPSA) is 111 Å². The van der Waals surface area contributed by atoms with Crippen molar-refractivity contribution in [1.82, 2.24) is 0 Å². The van der Waals surface area contributed by atoms with Crippen molar-refractivity contribution in [2.45, 2.75) is 74.8 Å². The first kappa shape index (κ1) is 37.4. The third-order valence-corrected chi connectivity index (χ3v) is 17.7. The Morgan fingerprint density at radius 3 is 0.703 bits per heavy atom. The highest BCUT2D eigenvalue weighted by atomic mass is 28.5. The summed E-state index contributed by atoms with van der Waals surface area (Å²) in [6, 6.07) is 0.207. The van der Waals surface area contributed by atoms with E-state index >= 15 is 0 Å². The highest BCUT2D eigenvalue weighted by Gasteiger charge is 2.67. The van der Waals surface area contributed by atoms with Gasteiger partial charge in [-0.05, 0) is 68.7 Å². The van der Waals surface area contributed by atoms with Crippen LogP contribution in [0.2, 0.25) is 6.04 Å². The van der Waals surface area contributed by atoms with Gasteiger partial charge in [0, 0.05) is 65.5 Å². The van der Waals surface area contributed by atoms with E-state index in [1.54, 1.807) is 0 Å². The largest absolute Gasteiger partial charge is 0.672 e. The molecule has 0 aromatic rings. The molecule has 0 bridgehead atoms. The van der Waals surface area contributed by atoms with E-state index in [-0.39, 0.29) is 65.5 Å². The van der Waals surface area contributed by atoms with E-state index in [0.717, 1.165) is 0 Å². The zero-order chi connectivity index (χ0) is 28.3. The lowest BCUT2D eigenvalue weighted by atomic mass is 10.6. The molecule has 0 spiro atoms. The summed E-state index contributed by atoms with van der Waals surface area (Å²) < 4.78 is 74.2. The van der Waals surface area contributed by atoms with Crippen molar-refractivity contribution in [2.75, 3.05) is 59.5 Å². The standard InChI is InChI=1S/C21H51O12Si4/c1-11-21-34(31-35(22-12-2,23-13-3)24-14-4,32-36(25-15-5,26-16-6)27-17-7)33-37(28-18-8,29-19-9)30-20-10/h1,11-21H2,2-10H3. The quantitative estimate of drug-likeness (QED) is 0.133. The van der Waals surface area contributed by atoms with E-state index in [1.807, 2.05) is 62.3 Å². The fraction of sp³-hybridized carbons (Fsp3) is 0.952. The minimum absolute atomic E-state index is 0.207. The number of hydrogen-bond donors (Lipinski definition) is 0. The summed E-state index contributed by atoms with van der Waals surface area (Å²) >= 11 is 0. The summed E-state index contributed by atoms with van der Waals surface area (Å²) in [7, 11) is -15.5. The number of hydrogen-bond acceptors (Lipinski definition) is 12. The Hall–Kier alpha value is 0.388. The van der Waals surface area contributed by atoms with E-state index in [9.17, 15) is 0 Å². The lowest BCUT2D eigenvalue weighted by Gasteiger charge is -2.43. The van der Waals surface area contributed by atoms with Crippen LogP contribution >= 0.6 is 0 Å². The summed E-state index contributed by atoms with van der Waals surface area (Å²) in [4.78, 5) is 0. The lowest BCUT2D eigenvalue weighted by molar-refractivity contribution is -0.0543. The van der Waals surface area contributed by atoms with E-state index in [2.05, 4.69) is 6.92 Å². The van der Waals surface area contributed by atoms with Crippen LogP contribution in [0, 0.1) is 6.92 Å². The van der Waals surface area contributed by atoms with Crippen molar-refractivity contribution in [3.05, 3.63) is 6.92 Å². The third-order valence-electron chi connectivity index (χ3n) is 4.21. The maximum atomic E-state index is 6.69. The highest BCUT2D eigenvalue weighted by molar-refractivity contribution is 6.82. The van der Waals surface area contributed by atoms with Crippen LogP contribution in [0.4, 0.5) is 0 Å². The molecule has 0 heterocycles. The Kier molecular flexibility index (Phi) is 20.5. The Labute approximate surface area is 229 Å². The monoisotopic (exact) mass is 607 g/mol. The van der Waals surface area contributed by atoms with Gasteiger partial charge in [-0.25, -0.2) is 0 Å². The van der Waals surface area contributed by atoms with Gasteiger partial charge in [0.2, 0.25) is 0 Å². The molecule has 0 aromatic carbocycles. The summed E-state index contributed by atoms with van der Waals surface area (Å²) in [5.74, 6) is 0. The van der Waals surface area contributed by atoms with Crippen LogP contribution in [0.1, 0.15) is 68.7 Å². The third kappa shape index (κ3) is 12.6. The molecule has 12 nitrogen and oxygen atoms in total. The molecular formula is C21H51O12Si4. The molecule has 0 fully saturated rings. The molecule has 0 aliphatic rings. The zero-order valence-electron chi connectivity index (χ0n) is 24.4. The summed E-state index contributed by atoms with van der Waals surface area (Å²) in [6.07, 6.45) is 0.366. The molecule has 0 atom stereocenters. The van der Waals surface area contributed by atoms with Crippen LogP contribution in [0.25, 0.3) is 0 Å². The summed E-state index contributed by atoms with van der Waals surface area (Å²) in [5, 5.41) is 0. The molecule has 0 saturated carbocycles. The van der Waals surface area contributed by atoms with Gasteiger partial charge in [-0.2, -0.15) is 0 Å². The van der Waals surface area contributed by atoms with Crippen molar-refractivity contribution in [3.63, 3.8) is 0 Å². The first-order valence-corrected chi connectivity index (χ1v) is 20.2. The van der Waals surface area contributed by atoms with Gasteiger partial charge in [0.15, 0.2) is 0 Å². The van der Waals surface area contributed by atoms with Crippen molar-refractivity contribution in [3.8, 4) is 0 Å². The highest BCUT2D eigenvalue weighted by Crippen LogP contribution is 2.33. The molecule has 0 N–H and O–H groups in total. The lowest BCUT2D eigenvalue weighted by Crippen LogP contribution is -2.70. The summed E-state index contributed by atoms with van der Waals surface area (Å²) in [5.41, 5.74) is 0. The molecule has 37 heavy (non-hydrogen) atoms. The maximum Gasteiger partial charge on any atom is 0.672 e. The van der Waals surface area contributed by atoms with Crippen LogP contribution in [-0.2, 0) is 52.2 Å². The van der Waals surface area contributed by atoms with Gasteiger partial charge in [-0.3, -0.25) is 0 Å². The Morgan fingerprint density at radius 1 is 0.378 bits per heavy atom. The molecule has 0 rings (SSSR count). The van der Waals surface area contributed by atoms with Crippen LogP contribution in [-0.4, -0.2) is 95.4 Å². The predicted octanol–water partition coefficient (Wildman–Crippen LogP) is 3.83. The van der Waals surface area contributed by atoms with Gasteiger partial charge in [0.25, 0.3) is 0 Å². The van der Waals surface area contributed by atoms with Gasteiger partial charge in [0.05, 0.1) is 0 Å². The molecular weight excluding hydrogens is 557 g/mol. The summed E-state index contributed by atoms with van der Waals surface area (Å²) in [6.45, 7) is 23.0. The van der Waals surface area contributed by atoms with Gasteiger partial charge < -0.3 is 52.2 Å². The fourth-order valence-corrected chi connectivity index (χ4v) is 17.1. The van der Waals surface area contributed by atoms with Crippen molar-refractivity contribution >= 4 is 35.9 Å². The van der Waals surface area contributed by atoms with E-state index < -0.39 is 35.9 Å². The SMILES string of the molecule is [CH2]CC[Si](O[Si](OCC)(OCC)OCC)(O[Si](OCC)(OCC)OCC)O[Si](OCC)(OCC)OCC. The normalized spacial score (nSPS) is 13.5. The number of rotatable bonds is 26. The Morgan fingerprint density at radius 2 is 0.568 bits per heavy atom. The van der Waals surface area contributed by atoms with Crippen LogP contribution in [0.15, 0.2) is 0 Å². The second kappa shape index (κ2) is 20.3. The fourth-order valence-electron chi connectivity index (χ4n) is 3.23. The van der Waals surface area contributed by atoms with Crippen LogP contribution in [0.5, 0.6) is 0 Å². The van der Waals surface area contributed by atoms with Gasteiger partial charge in [-0.15, -0.1) is 0 Å². The molecule has 223 valence electrons. The minimum Gasteiger partial charge on any atom is -0.352 e. The Bertz CT molecular complexity index is 443.